The van der Waals surface area contributed by atoms with Gasteiger partial charge in [-0.05, 0) is 25.3 Å². The molecule has 20 heavy (non-hydrogen) atoms. The molecule has 0 aliphatic carbocycles. The number of rotatable bonds is 9. The van der Waals surface area contributed by atoms with Gasteiger partial charge in [0.05, 0.1) is 0 Å². The molecule has 0 spiro atoms. The van der Waals surface area contributed by atoms with E-state index in [-0.39, 0.29) is 5.97 Å². The minimum Gasteiger partial charge on any atom is -0.458 e. The normalized spacial score (nSPS) is 11.4. The van der Waals surface area contributed by atoms with Gasteiger partial charge >= 0.3 is 5.97 Å². The zero-order valence-corrected chi connectivity index (χ0v) is 12.7. The molecule has 0 radical (unpaired) electrons. The van der Waals surface area contributed by atoms with E-state index < -0.39 is 0 Å². The summed E-state index contributed by atoms with van der Waals surface area (Å²) in [6.07, 6.45) is 8.89. The molecular formula is C18H26O2. The molecule has 110 valence electrons. The van der Waals surface area contributed by atoms with E-state index in [1.165, 1.54) is 25.7 Å². The molecule has 0 N–H and O–H groups in total. The molecule has 0 unspecified atom stereocenters. The summed E-state index contributed by atoms with van der Waals surface area (Å²) in [5.41, 5.74) is 2.13. The Balaban J connectivity index is 2.20. The zero-order chi connectivity index (χ0) is 14.6. The average molecular weight is 274 g/mol. The standard InChI is InChI=1S/C18H26O2/c1-3-4-5-6-8-11-16(2)14-18(19)20-15-17-12-9-7-10-13-17/h7,9-10,12-14H,3-6,8,11,15H2,1-2H3/b16-14-. The average Bonchev–Trinajstić information content (AvgIpc) is 2.46. The summed E-state index contributed by atoms with van der Waals surface area (Å²) in [6.45, 7) is 4.57. The summed E-state index contributed by atoms with van der Waals surface area (Å²) >= 11 is 0. The van der Waals surface area contributed by atoms with Gasteiger partial charge in [0.2, 0.25) is 0 Å². The van der Waals surface area contributed by atoms with Crippen LogP contribution in [0.3, 0.4) is 0 Å². The molecule has 0 bridgehead atoms. The molecule has 2 heteroatoms. The third-order valence-corrected chi connectivity index (χ3v) is 3.26. The number of hydrogen-bond donors (Lipinski definition) is 0. The lowest BCUT2D eigenvalue weighted by atomic mass is 10.1. The molecule has 0 heterocycles. The minimum absolute atomic E-state index is 0.236. The van der Waals surface area contributed by atoms with Crippen LogP contribution in [0, 0.1) is 0 Å². The Kier molecular flexibility index (Phi) is 8.44. The van der Waals surface area contributed by atoms with Crippen LogP contribution < -0.4 is 0 Å². The fourth-order valence-electron chi connectivity index (χ4n) is 2.05. The van der Waals surface area contributed by atoms with Crippen LogP contribution in [0.15, 0.2) is 42.0 Å². The highest BCUT2D eigenvalue weighted by molar-refractivity contribution is 5.82. The Morgan fingerprint density at radius 2 is 1.80 bits per heavy atom. The SMILES string of the molecule is CCCCCCC/C(C)=C\C(=O)OCc1ccccc1. The molecule has 1 aromatic rings. The first kappa shape index (κ1) is 16.5. The van der Waals surface area contributed by atoms with Crippen LogP contribution in [-0.4, -0.2) is 5.97 Å². The van der Waals surface area contributed by atoms with Crippen molar-refractivity contribution in [2.75, 3.05) is 0 Å². The molecule has 0 aliphatic heterocycles. The van der Waals surface area contributed by atoms with Gasteiger partial charge in [0.15, 0.2) is 0 Å². The van der Waals surface area contributed by atoms with Crippen LogP contribution >= 0.6 is 0 Å². The van der Waals surface area contributed by atoms with Gasteiger partial charge < -0.3 is 4.74 Å². The second-order valence-corrected chi connectivity index (χ2v) is 5.25. The molecule has 0 atom stereocenters. The molecule has 0 saturated heterocycles. The van der Waals surface area contributed by atoms with Crippen molar-refractivity contribution >= 4 is 5.97 Å². The maximum Gasteiger partial charge on any atom is 0.331 e. The van der Waals surface area contributed by atoms with Gasteiger partial charge in [-0.25, -0.2) is 4.79 Å². The lowest BCUT2D eigenvalue weighted by Crippen LogP contribution is -2.01. The molecular weight excluding hydrogens is 248 g/mol. The van der Waals surface area contributed by atoms with Crippen molar-refractivity contribution in [3.05, 3.63) is 47.5 Å². The van der Waals surface area contributed by atoms with Crippen molar-refractivity contribution in [3.8, 4) is 0 Å². The summed E-state index contributed by atoms with van der Waals surface area (Å²) in [5.74, 6) is -0.236. The summed E-state index contributed by atoms with van der Waals surface area (Å²) in [6, 6.07) is 9.75. The molecule has 0 aromatic heterocycles. The molecule has 0 fully saturated rings. The fraction of sp³-hybridized carbons (Fsp3) is 0.500. The van der Waals surface area contributed by atoms with E-state index in [2.05, 4.69) is 6.92 Å². The lowest BCUT2D eigenvalue weighted by Gasteiger charge is -2.04. The van der Waals surface area contributed by atoms with Crippen molar-refractivity contribution in [1.82, 2.24) is 0 Å². The number of allylic oxidation sites excluding steroid dienone is 1. The minimum atomic E-state index is -0.236. The highest BCUT2D eigenvalue weighted by Gasteiger charge is 2.01. The Morgan fingerprint density at radius 1 is 1.10 bits per heavy atom. The number of hydrogen-bond acceptors (Lipinski definition) is 2. The fourth-order valence-corrected chi connectivity index (χ4v) is 2.05. The first-order valence-electron chi connectivity index (χ1n) is 7.60. The summed E-state index contributed by atoms with van der Waals surface area (Å²) in [4.78, 5) is 11.7. The van der Waals surface area contributed by atoms with Crippen LogP contribution in [-0.2, 0) is 16.1 Å². The van der Waals surface area contributed by atoms with Crippen molar-refractivity contribution in [1.29, 1.82) is 0 Å². The number of ether oxygens (including phenoxy) is 1. The third-order valence-electron chi connectivity index (χ3n) is 3.26. The number of benzene rings is 1. The monoisotopic (exact) mass is 274 g/mol. The Morgan fingerprint density at radius 3 is 2.50 bits per heavy atom. The van der Waals surface area contributed by atoms with E-state index in [1.807, 2.05) is 37.3 Å². The van der Waals surface area contributed by atoms with E-state index in [1.54, 1.807) is 6.08 Å². The van der Waals surface area contributed by atoms with Gasteiger partial charge in [-0.2, -0.15) is 0 Å². The van der Waals surface area contributed by atoms with Crippen molar-refractivity contribution < 1.29 is 9.53 Å². The van der Waals surface area contributed by atoms with Gasteiger partial charge in [0.1, 0.15) is 6.61 Å². The third kappa shape index (κ3) is 7.78. The van der Waals surface area contributed by atoms with E-state index in [9.17, 15) is 4.79 Å². The van der Waals surface area contributed by atoms with Crippen LogP contribution in [0.25, 0.3) is 0 Å². The number of carbonyl (C=O) groups is 1. The molecule has 2 nitrogen and oxygen atoms in total. The molecule has 0 amide bonds. The summed E-state index contributed by atoms with van der Waals surface area (Å²) < 4.78 is 5.23. The van der Waals surface area contributed by atoms with Crippen molar-refractivity contribution in [3.63, 3.8) is 0 Å². The Bertz CT molecular complexity index is 407. The van der Waals surface area contributed by atoms with Gasteiger partial charge in [-0.3, -0.25) is 0 Å². The predicted molar refractivity (Wildman–Crippen MR) is 83.4 cm³/mol. The smallest absolute Gasteiger partial charge is 0.331 e. The van der Waals surface area contributed by atoms with Crippen LogP contribution in [0.5, 0.6) is 0 Å². The molecule has 0 aliphatic rings. The van der Waals surface area contributed by atoms with Gasteiger partial charge in [-0.15, -0.1) is 0 Å². The first-order chi connectivity index (χ1) is 9.72. The van der Waals surface area contributed by atoms with Crippen molar-refractivity contribution in [2.24, 2.45) is 0 Å². The second-order valence-electron chi connectivity index (χ2n) is 5.25. The highest BCUT2D eigenvalue weighted by Crippen LogP contribution is 2.11. The molecule has 0 saturated carbocycles. The largest absolute Gasteiger partial charge is 0.458 e. The number of carbonyl (C=O) groups excluding carboxylic acids is 1. The first-order valence-corrected chi connectivity index (χ1v) is 7.60. The van der Waals surface area contributed by atoms with Crippen molar-refractivity contribution in [2.45, 2.75) is 59.0 Å². The molecule has 1 rings (SSSR count). The number of unbranched alkanes of at least 4 members (excludes halogenated alkanes) is 4. The molecule has 1 aromatic carbocycles. The maximum absolute atomic E-state index is 11.7. The van der Waals surface area contributed by atoms with Gasteiger partial charge in [0.25, 0.3) is 0 Å². The van der Waals surface area contributed by atoms with Crippen LogP contribution in [0.1, 0.15) is 57.9 Å². The zero-order valence-electron chi connectivity index (χ0n) is 12.7. The quantitative estimate of drug-likeness (QED) is 0.358. The Labute approximate surface area is 122 Å². The summed E-state index contributed by atoms with van der Waals surface area (Å²) in [7, 11) is 0. The lowest BCUT2D eigenvalue weighted by molar-refractivity contribution is -0.139. The van der Waals surface area contributed by atoms with E-state index >= 15 is 0 Å². The second kappa shape index (κ2) is 10.2. The van der Waals surface area contributed by atoms with Gasteiger partial charge in [0, 0.05) is 6.08 Å². The predicted octanol–water partition coefficient (Wildman–Crippen LogP) is 5.04. The van der Waals surface area contributed by atoms with Crippen LogP contribution in [0.4, 0.5) is 0 Å². The topological polar surface area (TPSA) is 26.3 Å². The van der Waals surface area contributed by atoms with Crippen LogP contribution in [0.2, 0.25) is 0 Å². The highest BCUT2D eigenvalue weighted by atomic mass is 16.5. The number of esters is 1. The van der Waals surface area contributed by atoms with Gasteiger partial charge in [-0.1, -0.05) is 68.5 Å². The summed E-state index contributed by atoms with van der Waals surface area (Å²) in [5, 5.41) is 0. The van der Waals surface area contributed by atoms with E-state index in [4.69, 9.17) is 4.74 Å². The van der Waals surface area contributed by atoms with E-state index in [0.717, 1.165) is 24.0 Å². The Hall–Kier alpha value is -1.57. The van der Waals surface area contributed by atoms with E-state index in [0.29, 0.717) is 6.61 Å². The maximum atomic E-state index is 11.7.